The van der Waals surface area contributed by atoms with E-state index in [9.17, 15) is 0 Å². The number of pyridine rings is 3. The maximum Gasteiger partial charge on any atom is 3.00 e. The minimum absolute atomic E-state index is 0. The average Bonchev–Trinajstić information content (AvgIpc) is 2.49. The van der Waals surface area contributed by atoms with Crippen LogP contribution in [0.3, 0.4) is 0 Å². The molecule has 1 radical (unpaired) electrons. The summed E-state index contributed by atoms with van der Waals surface area (Å²) in [6.07, 6.45) is 8.99. The molecule has 0 aliphatic carbocycles. The maximum atomic E-state index is 4.46. The summed E-state index contributed by atoms with van der Waals surface area (Å²) < 4.78 is 0. The van der Waals surface area contributed by atoms with Gasteiger partial charge in [-0.1, -0.05) is 12.1 Å². The number of rotatable bonds is 2. The summed E-state index contributed by atoms with van der Waals surface area (Å²) in [6, 6.07) is 11.9. The molecule has 3 aromatic rings. The topological polar surface area (TPSA) is 70.2 Å². The molecule has 23 heavy (non-hydrogen) atoms. The third kappa shape index (κ3) is 6.50. The minimum atomic E-state index is 0. The van der Waals surface area contributed by atoms with Gasteiger partial charge in [-0.25, -0.2) is 0 Å². The molecule has 0 aliphatic heterocycles. The van der Waals surface area contributed by atoms with Crippen LogP contribution in [-0.4, -0.2) is 20.4 Å². The van der Waals surface area contributed by atoms with Crippen LogP contribution in [0.4, 0.5) is 0 Å². The Morgan fingerprint density at radius 1 is 0.652 bits per heavy atom. The monoisotopic (exact) mass is 458 g/mol. The molecule has 3 rings (SSSR count). The fourth-order valence-electron chi connectivity index (χ4n) is 1.89. The van der Waals surface area contributed by atoms with Crippen LogP contribution in [0.1, 0.15) is 0 Å². The summed E-state index contributed by atoms with van der Waals surface area (Å²) in [4.78, 5) is 12.8. The summed E-state index contributed by atoms with van der Waals surface area (Å²) in [5, 5.41) is 0. The molecule has 0 atom stereocenters. The first-order valence-corrected chi connectivity index (χ1v) is 5.71. The van der Waals surface area contributed by atoms with E-state index in [2.05, 4.69) is 15.0 Å². The SMILES string of the molecule is O.[Cl-].[Cl-].[Cl-].[Ru+3].c1cncc(-c2cccnc2-c2cccnc2)c1. The molecule has 2 N–H and O–H groups in total. The Morgan fingerprint density at radius 3 is 1.70 bits per heavy atom. The number of halogens is 3. The molecule has 0 saturated carbocycles. The Labute approximate surface area is 166 Å². The van der Waals surface area contributed by atoms with E-state index >= 15 is 0 Å². The van der Waals surface area contributed by atoms with Crippen LogP contribution in [0.5, 0.6) is 0 Å². The van der Waals surface area contributed by atoms with E-state index in [1.54, 1.807) is 18.6 Å². The number of hydrogen-bond donors (Lipinski definition) is 0. The second-order valence-electron chi connectivity index (χ2n) is 3.88. The molecular weight excluding hydrogens is 446 g/mol. The quantitative estimate of drug-likeness (QED) is 0.359. The molecule has 0 spiro atoms. The predicted molar refractivity (Wildman–Crippen MR) is 74.3 cm³/mol. The van der Waals surface area contributed by atoms with Gasteiger partial charge in [0.15, 0.2) is 0 Å². The molecule has 8 heteroatoms. The summed E-state index contributed by atoms with van der Waals surface area (Å²) >= 11 is 0. The van der Waals surface area contributed by atoms with Gasteiger partial charge in [0.1, 0.15) is 0 Å². The molecule has 3 aromatic heterocycles. The van der Waals surface area contributed by atoms with Gasteiger partial charge in [-0.05, 0) is 24.3 Å². The van der Waals surface area contributed by atoms with Crippen LogP contribution in [0.2, 0.25) is 0 Å². The molecule has 0 fully saturated rings. The largest absolute Gasteiger partial charge is 3.00 e. The summed E-state index contributed by atoms with van der Waals surface area (Å²) in [7, 11) is 0. The van der Waals surface area contributed by atoms with E-state index in [1.807, 2.05) is 48.8 Å². The first-order chi connectivity index (χ1) is 8.95. The fraction of sp³-hybridized carbons (Fsp3) is 0. The number of nitrogens with zero attached hydrogens (tertiary/aromatic N) is 3. The zero-order valence-corrected chi connectivity index (χ0v) is 15.7. The summed E-state index contributed by atoms with van der Waals surface area (Å²) in [5.74, 6) is 0. The van der Waals surface area contributed by atoms with Crippen molar-refractivity contribution in [1.82, 2.24) is 15.0 Å². The summed E-state index contributed by atoms with van der Waals surface area (Å²) in [5.41, 5.74) is 4.07. The molecule has 3 heterocycles. The van der Waals surface area contributed by atoms with Crippen molar-refractivity contribution in [3.05, 3.63) is 67.4 Å². The number of hydrogen-bond acceptors (Lipinski definition) is 3. The van der Waals surface area contributed by atoms with Gasteiger partial charge in [0, 0.05) is 47.7 Å². The van der Waals surface area contributed by atoms with Gasteiger partial charge < -0.3 is 42.7 Å². The van der Waals surface area contributed by atoms with E-state index < -0.39 is 0 Å². The smallest absolute Gasteiger partial charge is 1.00 e. The number of aromatic nitrogens is 3. The Hall–Kier alpha value is -1.10. The molecular formula is C15H13Cl3N3ORu. The Kier molecular flexibility index (Phi) is 15.5. The summed E-state index contributed by atoms with van der Waals surface area (Å²) in [6.45, 7) is 0. The van der Waals surface area contributed by atoms with Crippen LogP contribution < -0.4 is 37.2 Å². The standard InChI is InChI=1S/C15H11N3.3ClH.H2O.Ru/c1-4-12(10-16-7-1)14-6-3-9-18-15(14)13-5-2-8-17-11-13;;;;;/h1-11H;3*1H;1H2;/q;;;;;+3/p-3. The predicted octanol–water partition coefficient (Wildman–Crippen LogP) is -6.61. The maximum absolute atomic E-state index is 4.46. The van der Waals surface area contributed by atoms with Gasteiger partial charge in [-0.2, -0.15) is 0 Å². The third-order valence-corrected chi connectivity index (χ3v) is 2.72. The van der Waals surface area contributed by atoms with Gasteiger partial charge in [0.05, 0.1) is 5.69 Å². The van der Waals surface area contributed by atoms with Crippen molar-refractivity contribution in [1.29, 1.82) is 0 Å². The molecule has 0 amide bonds. The fourth-order valence-corrected chi connectivity index (χ4v) is 1.89. The molecule has 0 saturated heterocycles. The zero-order chi connectivity index (χ0) is 12.2. The second kappa shape index (κ2) is 13.4. The van der Waals surface area contributed by atoms with Gasteiger partial charge in [-0.3, -0.25) is 15.0 Å². The Morgan fingerprint density at radius 2 is 1.17 bits per heavy atom. The van der Waals surface area contributed by atoms with Gasteiger partial charge in [0.2, 0.25) is 0 Å². The van der Waals surface area contributed by atoms with E-state index in [4.69, 9.17) is 0 Å². The van der Waals surface area contributed by atoms with Crippen LogP contribution in [0, 0.1) is 0 Å². The van der Waals surface area contributed by atoms with E-state index in [0.717, 1.165) is 22.4 Å². The molecule has 0 bridgehead atoms. The van der Waals surface area contributed by atoms with Crippen LogP contribution in [0.15, 0.2) is 67.4 Å². The van der Waals surface area contributed by atoms with E-state index in [0.29, 0.717) is 0 Å². The van der Waals surface area contributed by atoms with E-state index in [1.165, 1.54) is 0 Å². The Bertz CT molecular complexity index is 602. The third-order valence-electron chi connectivity index (χ3n) is 2.72. The van der Waals surface area contributed by atoms with Crippen LogP contribution >= 0.6 is 0 Å². The molecule has 0 aliphatic rings. The van der Waals surface area contributed by atoms with Crippen molar-refractivity contribution in [2.75, 3.05) is 0 Å². The molecule has 0 aromatic carbocycles. The van der Waals surface area contributed by atoms with Crippen molar-refractivity contribution >= 4 is 0 Å². The average molecular weight is 459 g/mol. The van der Waals surface area contributed by atoms with Crippen molar-refractivity contribution in [2.45, 2.75) is 0 Å². The van der Waals surface area contributed by atoms with Crippen molar-refractivity contribution < 1.29 is 62.2 Å². The minimum Gasteiger partial charge on any atom is -1.00 e. The molecule has 123 valence electrons. The van der Waals surface area contributed by atoms with Crippen molar-refractivity contribution in [2.24, 2.45) is 0 Å². The first-order valence-electron chi connectivity index (χ1n) is 5.71. The van der Waals surface area contributed by atoms with E-state index in [-0.39, 0.29) is 62.2 Å². The zero-order valence-electron chi connectivity index (χ0n) is 11.7. The van der Waals surface area contributed by atoms with Crippen molar-refractivity contribution in [3.63, 3.8) is 0 Å². The van der Waals surface area contributed by atoms with Gasteiger partial charge in [0.25, 0.3) is 0 Å². The van der Waals surface area contributed by atoms with Crippen molar-refractivity contribution in [3.8, 4) is 22.4 Å². The Balaban J connectivity index is -0.000000800. The molecule has 4 nitrogen and oxygen atoms in total. The first kappa shape index (κ1) is 26.8. The van der Waals surface area contributed by atoms with Crippen LogP contribution in [-0.2, 0) is 19.5 Å². The normalized spacial score (nSPS) is 8.00. The van der Waals surface area contributed by atoms with Gasteiger partial charge in [-0.15, -0.1) is 0 Å². The van der Waals surface area contributed by atoms with Crippen LogP contribution in [0.25, 0.3) is 22.4 Å². The second-order valence-corrected chi connectivity index (χ2v) is 3.88. The van der Waals surface area contributed by atoms with Gasteiger partial charge >= 0.3 is 19.5 Å². The molecule has 0 unspecified atom stereocenters.